The molecule has 0 bridgehead atoms. The van der Waals surface area contributed by atoms with Gasteiger partial charge in [0, 0.05) is 38.4 Å². The van der Waals surface area contributed by atoms with Crippen LogP contribution in [0.25, 0.3) is 0 Å². The minimum absolute atomic E-state index is 0.220. The van der Waals surface area contributed by atoms with E-state index in [1.807, 2.05) is 20.0 Å². The molecule has 7 nitrogen and oxygen atoms in total. The highest BCUT2D eigenvalue weighted by molar-refractivity contribution is 5.92. The van der Waals surface area contributed by atoms with E-state index in [0.29, 0.717) is 18.1 Å². The van der Waals surface area contributed by atoms with Crippen molar-refractivity contribution >= 4 is 11.7 Å². The summed E-state index contributed by atoms with van der Waals surface area (Å²) in [5.41, 5.74) is 1.38. The first-order valence-corrected chi connectivity index (χ1v) is 6.53. The Hall–Kier alpha value is -2.44. The van der Waals surface area contributed by atoms with E-state index in [9.17, 15) is 4.79 Å². The van der Waals surface area contributed by atoms with Crippen molar-refractivity contribution in [3.63, 3.8) is 0 Å². The molecule has 1 amide bonds. The maximum absolute atomic E-state index is 11.9. The topological polar surface area (TPSA) is 84.7 Å². The molecule has 2 aromatic rings. The zero-order chi connectivity index (χ0) is 14.4. The Bertz CT molecular complexity index is 562. The molecule has 0 aliphatic carbocycles. The molecule has 106 valence electrons. The van der Waals surface area contributed by atoms with Crippen LogP contribution in [0.3, 0.4) is 0 Å². The molecule has 0 fully saturated rings. The monoisotopic (exact) mass is 274 g/mol. The number of nitrogens with zero attached hydrogens (tertiary/aromatic N) is 4. The number of anilines is 1. The maximum atomic E-state index is 11.9. The van der Waals surface area contributed by atoms with Crippen LogP contribution in [0.5, 0.6) is 0 Å². The molecule has 0 spiro atoms. The smallest absolute Gasteiger partial charge is 0.271 e. The summed E-state index contributed by atoms with van der Waals surface area (Å²) in [5, 5.41) is 17.7. The minimum atomic E-state index is -0.220. The Morgan fingerprint density at radius 3 is 2.75 bits per heavy atom. The molecule has 0 aliphatic heterocycles. The molecular formula is C13H18N6O. The molecule has 2 N–H and O–H groups in total. The van der Waals surface area contributed by atoms with Gasteiger partial charge in [0.1, 0.15) is 5.82 Å². The van der Waals surface area contributed by atoms with Crippen molar-refractivity contribution in [1.82, 2.24) is 25.3 Å². The van der Waals surface area contributed by atoms with Crippen molar-refractivity contribution in [2.45, 2.75) is 13.3 Å². The fourth-order valence-corrected chi connectivity index (χ4v) is 1.77. The molecule has 0 aromatic carbocycles. The standard InChI is InChI=1S/C13H18N6O/c1-3-14-12-5-4-11(17-18-12)13(20)15-8-6-10-7-9-16-19(10)2/h4-5,7,9H,3,6,8H2,1-2H3,(H,14,18)(H,15,20). The molecule has 0 unspecified atom stereocenters. The number of amides is 1. The number of hydrogen-bond donors (Lipinski definition) is 2. The van der Waals surface area contributed by atoms with Gasteiger partial charge in [-0.1, -0.05) is 0 Å². The predicted octanol–water partition coefficient (Wildman–Crippen LogP) is 0.614. The van der Waals surface area contributed by atoms with Gasteiger partial charge in [0.25, 0.3) is 5.91 Å². The van der Waals surface area contributed by atoms with Crippen molar-refractivity contribution < 1.29 is 4.79 Å². The van der Waals surface area contributed by atoms with Crippen LogP contribution in [0.15, 0.2) is 24.4 Å². The van der Waals surface area contributed by atoms with Crippen molar-refractivity contribution in [2.75, 3.05) is 18.4 Å². The molecule has 2 aromatic heterocycles. The zero-order valence-electron chi connectivity index (χ0n) is 11.6. The molecule has 7 heteroatoms. The lowest BCUT2D eigenvalue weighted by Crippen LogP contribution is -2.27. The van der Waals surface area contributed by atoms with E-state index in [4.69, 9.17) is 0 Å². The number of carbonyl (C=O) groups is 1. The van der Waals surface area contributed by atoms with E-state index in [1.165, 1.54) is 0 Å². The molecule has 0 saturated heterocycles. The molecule has 2 rings (SSSR count). The molecule has 20 heavy (non-hydrogen) atoms. The van der Waals surface area contributed by atoms with Gasteiger partial charge >= 0.3 is 0 Å². The first kappa shape index (κ1) is 14.0. The lowest BCUT2D eigenvalue weighted by atomic mass is 10.3. The average Bonchev–Trinajstić information content (AvgIpc) is 2.85. The lowest BCUT2D eigenvalue weighted by Gasteiger charge is -2.05. The van der Waals surface area contributed by atoms with Crippen LogP contribution in [0.2, 0.25) is 0 Å². The highest BCUT2D eigenvalue weighted by Gasteiger charge is 2.08. The highest BCUT2D eigenvalue weighted by atomic mass is 16.1. The normalized spacial score (nSPS) is 10.3. The van der Waals surface area contributed by atoms with Gasteiger partial charge in [0.05, 0.1) is 0 Å². The minimum Gasteiger partial charge on any atom is -0.369 e. The fraction of sp³-hybridized carbons (Fsp3) is 0.385. The maximum Gasteiger partial charge on any atom is 0.271 e. The third kappa shape index (κ3) is 3.53. The van der Waals surface area contributed by atoms with Gasteiger partial charge in [-0.15, -0.1) is 10.2 Å². The van der Waals surface area contributed by atoms with Crippen molar-refractivity contribution in [1.29, 1.82) is 0 Å². The summed E-state index contributed by atoms with van der Waals surface area (Å²) in [6.45, 7) is 3.28. The quantitative estimate of drug-likeness (QED) is 0.806. The summed E-state index contributed by atoms with van der Waals surface area (Å²) in [5.74, 6) is 0.446. The summed E-state index contributed by atoms with van der Waals surface area (Å²) < 4.78 is 1.79. The second-order valence-corrected chi connectivity index (χ2v) is 4.29. The summed E-state index contributed by atoms with van der Waals surface area (Å²) in [4.78, 5) is 11.9. The third-order valence-electron chi connectivity index (χ3n) is 2.84. The van der Waals surface area contributed by atoms with Crippen LogP contribution in [0, 0.1) is 0 Å². The lowest BCUT2D eigenvalue weighted by molar-refractivity contribution is 0.0948. The van der Waals surface area contributed by atoms with E-state index in [-0.39, 0.29) is 5.91 Å². The summed E-state index contributed by atoms with van der Waals surface area (Å²) in [7, 11) is 1.88. The van der Waals surface area contributed by atoms with Crippen LogP contribution >= 0.6 is 0 Å². The Labute approximate surface area is 117 Å². The zero-order valence-corrected chi connectivity index (χ0v) is 11.6. The second kappa shape index (κ2) is 6.65. The summed E-state index contributed by atoms with van der Waals surface area (Å²) in [6, 6.07) is 5.33. The molecule has 0 aliphatic rings. The van der Waals surface area contributed by atoms with E-state index < -0.39 is 0 Å². The first-order chi connectivity index (χ1) is 9.70. The number of rotatable bonds is 6. The van der Waals surface area contributed by atoms with Crippen LogP contribution < -0.4 is 10.6 Å². The van der Waals surface area contributed by atoms with E-state index in [0.717, 1.165) is 18.7 Å². The first-order valence-electron chi connectivity index (χ1n) is 6.53. The van der Waals surface area contributed by atoms with E-state index in [2.05, 4.69) is 25.9 Å². The Balaban J connectivity index is 1.84. The molecule has 0 atom stereocenters. The molecular weight excluding hydrogens is 256 g/mol. The van der Waals surface area contributed by atoms with Crippen LogP contribution in [0.1, 0.15) is 23.1 Å². The SMILES string of the molecule is CCNc1ccc(C(=O)NCCc2ccnn2C)nn1. The predicted molar refractivity (Wildman–Crippen MR) is 75.4 cm³/mol. The van der Waals surface area contributed by atoms with Crippen molar-refractivity contribution in [3.8, 4) is 0 Å². The number of hydrogen-bond acceptors (Lipinski definition) is 5. The van der Waals surface area contributed by atoms with E-state index >= 15 is 0 Å². The van der Waals surface area contributed by atoms with Gasteiger partial charge in [-0.25, -0.2) is 0 Å². The molecule has 0 saturated carbocycles. The van der Waals surface area contributed by atoms with Gasteiger partial charge in [0.15, 0.2) is 5.69 Å². The van der Waals surface area contributed by atoms with Gasteiger partial charge in [-0.05, 0) is 25.1 Å². The number of carbonyl (C=O) groups excluding carboxylic acids is 1. The van der Waals surface area contributed by atoms with Crippen LogP contribution in [0.4, 0.5) is 5.82 Å². The molecule has 0 radical (unpaired) electrons. The number of nitrogens with one attached hydrogen (secondary N) is 2. The Kier molecular flexibility index (Phi) is 4.65. The van der Waals surface area contributed by atoms with E-state index in [1.54, 1.807) is 23.0 Å². The van der Waals surface area contributed by atoms with Crippen molar-refractivity contribution in [2.24, 2.45) is 7.05 Å². The van der Waals surface area contributed by atoms with Gasteiger partial charge < -0.3 is 10.6 Å². The summed E-state index contributed by atoms with van der Waals surface area (Å²) >= 11 is 0. The van der Waals surface area contributed by atoms with Gasteiger partial charge in [-0.2, -0.15) is 5.10 Å². The Morgan fingerprint density at radius 1 is 1.30 bits per heavy atom. The van der Waals surface area contributed by atoms with Crippen LogP contribution in [-0.4, -0.2) is 39.0 Å². The van der Waals surface area contributed by atoms with Crippen molar-refractivity contribution in [3.05, 3.63) is 35.8 Å². The average molecular weight is 274 g/mol. The second-order valence-electron chi connectivity index (χ2n) is 4.29. The molecule has 2 heterocycles. The largest absolute Gasteiger partial charge is 0.369 e. The number of aryl methyl sites for hydroxylation is 1. The van der Waals surface area contributed by atoms with Gasteiger partial charge in [-0.3, -0.25) is 9.48 Å². The fourth-order valence-electron chi connectivity index (χ4n) is 1.77. The highest BCUT2D eigenvalue weighted by Crippen LogP contribution is 2.01. The third-order valence-corrected chi connectivity index (χ3v) is 2.84. The number of aromatic nitrogens is 4. The van der Waals surface area contributed by atoms with Gasteiger partial charge in [0.2, 0.25) is 0 Å². The summed E-state index contributed by atoms with van der Waals surface area (Å²) in [6.07, 6.45) is 2.47. The van der Waals surface area contributed by atoms with Crippen LogP contribution in [-0.2, 0) is 13.5 Å². The Morgan fingerprint density at radius 2 is 2.15 bits per heavy atom.